The number of hydrogen-bond donors (Lipinski definition) is 0. The molecule has 0 aliphatic heterocycles. The summed E-state index contributed by atoms with van der Waals surface area (Å²) in [6, 6.07) is 0. The second kappa shape index (κ2) is 9.42. The van der Waals surface area contributed by atoms with Gasteiger partial charge in [0.2, 0.25) is 0 Å². The number of allylic oxidation sites excluding steroid dienone is 8. The van der Waals surface area contributed by atoms with E-state index >= 15 is 0 Å². The molecule has 4 aliphatic carbocycles. The van der Waals surface area contributed by atoms with Crippen LogP contribution >= 0.6 is 0 Å². The monoisotopic (exact) mass is 574 g/mol. The summed E-state index contributed by atoms with van der Waals surface area (Å²) in [5.41, 5.74) is 10.9. The smallest absolute Gasteiger partial charge is 1.00 e. The molecular formula is C22H32Cl2HfSi. The average Bonchev–Trinajstić information content (AvgIpc) is 3.05. The van der Waals surface area contributed by atoms with Crippen molar-refractivity contribution in [3.8, 4) is 0 Å². The Morgan fingerprint density at radius 3 is 1.50 bits per heavy atom. The third kappa shape index (κ3) is 4.00. The van der Waals surface area contributed by atoms with Crippen molar-refractivity contribution in [1.82, 2.24) is 0 Å². The van der Waals surface area contributed by atoms with Gasteiger partial charge in [0.1, 0.15) is 0 Å². The van der Waals surface area contributed by atoms with Gasteiger partial charge in [-0.15, -0.1) is 0 Å². The Morgan fingerprint density at radius 1 is 0.731 bits per heavy atom. The normalized spacial score (nSPS) is 26.7. The van der Waals surface area contributed by atoms with E-state index < -0.39 is 20.1 Å². The number of rotatable bonds is 2. The van der Waals surface area contributed by atoms with Gasteiger partial charge in [-0.05, 0) is 0 Å². The van der Waals surface area contributed by atoms with E-state index in [1.807, 2.05) is 11.1 Å². The summed E-state index contributed by atoms with van der Waals surface area (Å²) in [6.45, 7) is 10.3. The molecule has 0 aromatic heterocycles. The van der Waals surface area contributed by atoms with Crippen molar-refractivity contribution in [3.63, 3.8) is 0 Å². The number of halogens is 2. The molecule has 0 heterocycles. The maximum absolute atomic E-state index is 2.68. The van der Waals surface area contributed by atoms with E-state index in [1.54, 1.807) is 22.3 Å². The van der Waals surface area contributed by atoms with Crippen molar-refractivity contribution in [2.24, 2.45) is 0 Å². The molecule has 0 saturated carbocycles. The Balaban J connectivity index is 0.00000121. The van der Waals surface area contributed by atoms with Crippen LogP contribution in [0.5, 0.6) is 0 Å². The molecule has 0 saturated heterocycles. The van der Waals surface area contributed by atoms with E-state index in [9.17, 15) is 0 Å². The van der Waals surface area contributed by atoms with Crippen molar-refractivity contribution >= 4 is 5.49 Å². The van der Waals surface area contributed by atoms with Crippen LogP contribution in [0.3, 0.4) is 0 Å². The Bertz CT molecular complexity index is 679. The van der Waals surface area contributed by atoms with E-state index in [0.717, 1.165) is 7.35 Å². The molecule has 0 N–H and O–H groups in total. The fourth-order valence-electron chi connectivity index (χ4n) is 5.77. The molecule has 0 amide bonds. The molecule has 4 rings (SSSR count). The summed E-state index contributed by atoms with van der Waals surface area (Å²) in [4.78, 5) is 0. The molecule has 0 aromatic carbocycles. The summed E-state index contributed by atoms with van der Waals surface area (Å²) in [7, 11) is 0. The molecule has 0 spiro atoms. The van der Waals surface area contributed by atoms with Gasteiger partial charge >= 0.3 is 157 Å². The van der Waals surface area contributed by atoms with E-state index in [-0.39, 0.29) is 30.3 Å². The zero-order valence-corrected chi connectivity index (χ0v) is 22.8. The second-order valence-electron chi connectivity index (χ2n) is 8.61. The van der Waals surface area contributed by atoms with E-state index in [2.05, 4.69) is 39.1 Å². The van der Waals surface area contributed by atoms with Crippen molar-refractivity contribution in [2.75, 3.05) is 0 Å². The van der Waals surface area contributed by atoms with Gasteiger partial charge in [-0.2, -0.15) is 0 Å². The number of hydrogen-bond acceptors (Lipinski definition) is 0. The summed E-state index contributed by atoms with van der Waals surface area (Å²) in [5, 5.41) is 0. The predicted octanol–water partition coefficient (Wildman–Crippen LogP) is 1.10. The summed E-state index contributed by atoms with van der Waals surface area (Å²) in [5.74, 6) is 0. The zero-order valence-electron chi connectivity index (χ0n) is 16.7. The predicted molar refractivity (Wildman–Crippen MR) is 103 cm³/mol. The molecule has 4 heteroatoms. The van der Waals surface area contributed by atoms with Crippen LogP contribution in [0.2, 0.25) is 20.4 Å². The first kappa shape index (κ1) is 22.9. The van der Waals surface area contributed by atoms with Crippen LogP contribution in [0, 0.1) is 0 Å². The van der Waals surface area contributed by atoms with Crippen molar-refractivity contribution in [3.05, 3.63) is 45.6 Å². The van der Waals surface area contributed by atoms with Crippen LogP contribution in [0.4, 0.5) is 0 Å². The first-order valence-corrected chi connectivity index (χ1v) is 22.1. The Hall–Kier alpha value is 0.627. The quantitative estimate of drug-likeness (QED) is 0.434. The van der Waals surface area contributed by atoms with Crippen LogP contribution in [-0.4, -0.2) is 5.49 Å². The molecule has 0 fully saturated rings. The topological polar surface area (TPSA) is 0 Å². The SMILES string of the molecule is CC1=CC2=C(CCCC2)[CH]1[Hf+2]([CH]1C(C)=CC2=C1CCCC2)=[Si](C)C.[Cl-].[Cl-]. The van der Waals surface area contributed by atoms with Gasteiger partial charge in [-0.1, -0.05) is 0 Å². The first-order chi connectivity index (χ1) is 11.6. The molecular weight excluding hydrogens is 542 g/mol. The molecule has 4 aliphatic rings. The summed E-state index contributed by atoms with van der Waals surface area (Å²) in [6.07, 6.45) is 16.7. The zero-order chi connectivity index (χ0) is 16.8. The van der Waals surface area contributed by atoms with Crippen molar-refractivity contribution < 1.29 is 44.9 Å². The van der Waals surface area contributed by atoms with Crippen LogP contribution < -0.4 is 24.8 Å². The first-order valence-electron chi connectivity index (χ1n) is 10.1. The van der Waals surface area contributed by atoms with Gasteiger partial charge in [0.25, 0.3) is 0 Å². The second-order valence-corrected chi connectivity index (χ2v) is 33.5. The molecule has 142 valence electrons. The Kier molecular flexibility index (Phi) is 8.30. The van der Waals surface area contributed by atoms with E-state index in [0.29, 0.717) is 0 Å². The van der Waals surface area contributed by atoms with Crippen molar-refractivity contribution in [1.29, 1.82) is 0 Å². The van der Waals surface area contributed by atoms with Gasteiger partial charge in [-0.25, -0.2) is 0 Å². The van der Waals surface area contributed by atoms with Gasteiger partial charge in [0.15, 0.2) is 0 Å². The fraction of sp³-hybridized carbons (Fsp3) is 0.636. The maximum Gasteiger partial charge on any atom is -1.00 e. The molecule has 2 unspecified atom stereocenters. The Morgan fingerprint density at radius 2 is 1.12 bits per heavy atom. The molecule has 0 aromatic rings. The third-order valence-electron chi connectivity index (χ3n) is 6.72. The van der Waals surface area contributed by atoms with Gasteiger partial charge in [0, 0.05) is 0 Å². The van der Waals surface area contributed by atoms with Crippen LogP contribution in [0.15, 0.2) is 45.6 Å². The standard InChI is InChI=1S/2C10H13.C2H6Si.2ClH.Hf/c2*1-8-6-9-4-2-3-5-10(9)7-8;1-3-2;;;/h2*6-7H,2-5H2,1H3;1-2H3;2*1H;/q;;;;;+2/p-2. The minimum absolute atomic E-state index is 0. The van der Waals surface area contributed by atoms with Gasteiger partial charge in [0.05, 0.1) is 0 Å². The molecule has 2 atom stereocenters. The Labute approximate surface area is 180 Å². The summed E-state index contributed by atoms with van der Waals surface area (Å²) < 4.78 is 1.97. The van der Waals surface area contributed by atoms with E-state index in [1.165, 1.54) is 51.4 Å². The van der Waals surface area contributed by atoms with Crippen LogP contribution in [0.1, 0.15) is 65.2 Å². The van der Waals surface area contributed by atoms with Crippen LogP contribution in [0.25, 0.3) is 0 Å². The van der Waals surface area contributed by atoms with Crippen LogP contribution in [-0.2, 0) is 20.1 Å². The molecule has 0 bridgehead atoms. The average molecular weight is 574 g/mol. The van der Waals surface area contributed by atoms with Crippen molar-refractivity contribution in [2.45, 2.75) is 85.7 Å². The van der Waals surface area contributed by atoms with Gasteiger partial charge in [-0.3, -0.25) is 0 Å². The van der Waals surface area contributed by atoms with Gasteiger partial charge < -0.3 is 24.8 Å². The minimum Gasteiger partial charge on any atom is -1.00 e. The molecule has 26 heavy (non-hydrogen) atoms. The molecule has 0 radical (unpaired) electrons. The summed E-state index contributed by atoms with van der Waals surface area (Å²) >= 11 is -1.79. The fourth-order valence-corrected chi connectivity index (χ4v) is 36.3. The minimum atomic E-state index is -1.79. The molecule has 0 nitrogen and oxygen atoms in total. The third-order valence-corrected chi connectivity index (χ3v) is 35.3. The largest absolute Gasteiger partial charge is 1.00 e. The van der Waals surface area contributed by atoms with E-state index in [4.69, 9.17) is 0 Å². The maximum atomic E-state index is 2.68.